The van der Waals surface area contributed by atoms with E-state index in [4.69, 9.17) is 5.11 Å². The Hall–Kier alpha value is -2.05. The molecule has 3 nitrogen and oxygen atoms in total. The highest BCUT2D eigenvalue weighted by atomic mass is 19.4. The lowest BCUT2D eigenvalue weighted by Gasteiger charge is -2.08. The van der Waals surface area contributed by atoms with Gasteiger partial charge in [-0.15, -0.1) is 0 Å². The minimum absolute atomic E-state index is 0.0389. The fraction of sp³-hybridized carbons (Fsp3) is 0.250. The highest BCUT2D eigenvalue weighted by molar-refractivity contribution is 5.97. The van der Waals surface area contributed by atoms with Crippen LogP contribution in [-0.4, -0.2) is 16.1 Å². The molecule has 0 unspecified atom stereocenters. The molecule has 1 heterocycles. The molecule has 0 aliphatic rings. The van der Waals surface area contributed by atoms with Gasteiger partial charge in [0.15, 0.2) is 0 Å². The number of carboxylic acids is 1. The first-order valence-corrected chi connectivity index (χ1v) is 5.40. The van der Waals surface area contributed by atoms with E-state index in [9.17, 15) is 22.4 Å². The second kappa shape index (κ2) is 4.25. The van der Waals surface area contributed by atoms with Crippen molar-refractivity contribution in [2.75, 3.05) is 0 Å². The van der Waals surface area contributed by atoms with E-state index in [1.807, 2.05) is 0 Å². The van der Waals surface area contributed by atoms with Crippen molar-refractivity contribution in [1.82, 2.24) is 4.98 Å². The van der Waals surface area contributed by atoms with Crippen LogP contribution in [0.3, 0.4) is 0 Å². The van der Waals surface area contributed by atoms with E-state index in [0.29, 0.717) is 6.07 Å². The number of hydrogen-bond acceptors (Lipinski definition) is 1. The van der Waals surface area contributed by atoms with Gasteiger partial charge >= 0.3 is 12.1 Å². The van der Waals surface area contributed by atoms with Gasteiger partial charge in [0.1, 0.15) is 11.5 Å². The predicted octanol–water partition coefficient (Wildman–Crippen LogP) is 3.59. The molecular weight excluding hydrogens is 266 g/mol. The number of halogens is 4. The molecule has 1 aromatic carbocycles. The molecule has 0 amide bonds. The summed E-state index contributed by atoms with van der Waals surface area (Å²) in [6.45, 7) is 1.64. The average Bonchev–Trinajstić information content (AvgIpc) is 2.64. The van der Waals surface area contributed by atoms with Crippen molar-refractivity contribution in [2.24, 2.45) is 0 Å². The lowest BCUT2D eigenvalue weighted by Crippen LogP contribution is -2.07. The van der Waals surface area contributed by atoms with Crippen LogP contribution in [0.1, 0.15) is 28.5 Å². The van der Waals surface area contributed by atoms with Crippen LogP contribution < -0.4 is 0 Å². The third kappa shape index (κ3) is 2.16. The predicted molar refractivity (Wildman–Crippen MR) is 59.6 cm³/mol. The van der Waals surface area contributed by atoms with E-state index in [2.05, 4.69) is 4.98 Å². The van der Waals surface area contributed by atoms with Gasteiger partial charge in [-0.3, -0.25) is 0 Å². The first-order chi connectivity index (χ1) is 8.75. The lowest BCUT2D eigenvalue weighted by molar-refractivity contribution is -0.139. The summed E-state index contributed by atoms with van der Waals surface area (Å²) >= 11 is 0. The molecule has 0 radical (unpaired) electrons. The van der Waals surface area contributed by atoms with Crippen LogP contribution in [0.15, 0.2) is 12.1 Å². The number of aromatic carboxylic acids is 1. The minimum Gasteiger partial charge on any atom is -0.477 e. The topological polar surface area (TPSA) is 53.1 Å². The fourth-order valence-corrected chi connectivity index (χ4v) is 2.04. The summed E-state index contributed by atoms with van der Waals surface area (Å²) in [5, 5.41) is 9.11. The molecule has 1 aromatic heterocycles. The van der Waals surface area contributed by atoms with E-state index in [-0.39, 0.29) is 28.6 Å². The Kier molecular flexibility index (Phi) is 3.00. The zero-order valence-corrected chi connectivity index (χ0v) is 9.73. The van der Waals surface area contributed by atoms with Gasteiger partial charge in [-0.1, -0.05) is 6.92 Å². The normalized spacial score (nSPS) is 12.1. The van der Waals surface area contributed by atoms with Crippen LogP contribution in [0.4, 0.5) is 17.6 Å². The van der Waals surface area contributed by atoms with Gasteiger partial charge in [-0.2, -0.15) is 13.2 Å². The van der Waals surface area contributed by atoms with Crippen molar-refractivity contribution in [3.8, 4) is 0 Å². The van der Waals surface area contributed by atoms with Crippen molar-refractivity contribution in [3.63, 3.8) is 0 Å². The number of H-pyrrole nitrogens is 1. The average molecular weight is 275 g/mol. The summed E-state index contributed by atoms with van der Waals surface area (Å²) in [6.07, 6.45) is -4.55. The Morgan fingerprint density at radius 2 is 2.00 bits per heavy atom. The first kappa shape index (κ1) is 13.4. The van der Waals surface area contributed by atoms with Crippen molar-refractivity contribution in [3.05, 3.63) is 34.8 Å². The second-order valence-corrected chi connectivity index (χ2v) is 4.01. The number of aromatic nitrogens is 1. The molecule has 0 bridgehead atoms. The number of fused-ring (bicyclic) bond motifs is 1. The van der Waals surface area contributed by atoms with Crippen LogP contribution in [0.2, 0.25) is 0 Å². The SMILES string of the molecule is CCc1c(C(=O)O)[nH]c2cc(C(F)(F)F)c(F)cc12. The van der Waals surface area contributed by atoms with Gasteiger partial charge in [-0.25, -0.2) is 9.18 Å². The molecule has 2 rings (SSSR count). The molecule has 2 aromatic rings. The number of nitrogens with one attached hydrogen (secondary N) is 1. The minimum atomic E-state index is -4.82. The summed E-state index contributed by atoms with van der Waals surface area (Å²) in [4.78, 5) is 13.4. The summed E-state index contributed by atoms with van der Waals surface area (Å²) in [5.41, 5.74) is -1.38. The van der Waals surface area contributed by atoms with E-state index in [1.165, 1.54) is 0 Å². The van der Waals surface area contributed by atoms with E-state index in [0.717, 1.165) is 6.07 Å². The van der Waals surface area contributed by atoms with Crippen LogP contribution in [0.5, 0.6) is 0 Å². The molecule has 2 N–H and O–H groups in total. The zero-order chi connectivity index (χ0) is 14.4. The van der Waals surface area contributed by atoms with Gasteiger partial charge < -0.3 is 10.1 Å². The second-order valence-electron chi connectivity index (χ2n) is 4.01. The molecule has 0 saturated heterocycles. The molecule has 19 heavy (non-hydrogen) atoms. The van der Waals surface area contributed by atoms with Gasteiger partial charge in [0.25, 0.3) is 0 Å². The van der Waals surface area contributed by atoms with Crippen LogP contribution in [0, 0.1) is 5.82 Å². The number of benzene rings is 1. The number of carboxylic acid groups (broad SMARTS) is 1. The fourth-order valence-electron chi connectivity index (χ4n) is 2.04. The maximum Gasteiger partial charge on any atom is 0.419 e. The summed E-state index contributed by atoms with van der Waals surface area (Å²) in [6, 6.07) is 1.32. The number of aryl methyl sites for hydroxylation is 1. The quantitative estimate of drug-likeness (QED) is 0.823. The molecule has 7 heteroatoms. The van der Waals surface area contributed by atoms with E-state index >= 15 is 0 Å². The number of alkyl halides is 3. The Bertz CT molecular complexity index is 658. The zero-order valence-electron chi connectivity index (χ0n) is 9.73. The van der Waals surface area contributed by atoms with Gasteiger partial charge in [0, 0.05) is 10.9 Å². The number of hydrogen-bond donors (Lipinski definition) is 2. The van der Waals surface area contributed by atoms with Crippen molar-refractivity contribution >= 4 is 16.9 Å². The Morgan fingerprint density at radius 3 is 2.47 bits per heavy atom. The molecule has 0 spiro atoms. The van der Waals surface area contributed by atoms with E-state index in [1.54, 1.807) is 6.92 Å². The van der Waals surface area contributed by atoms with Gasteiger partial charge in [0.05, 0.1) is 5.56 Å². The molecule has 102 valence electrons. The largest absolute Gasteiger partial charge is 0.477 e. The molecule has 0 atom stereocenters. The Balaban J connectivity index is 2.79. The number of aromatic amines is 1. The monoisotopic (exact) mass is 275 g/mol. The van der Waals surface area contributed by atoms with Crippen LogP contribution >= 0.6 is 0 Å². The highest BCUT2D eigenvalue weighted by Gasteiger charge is 2.35. The lowest BCUT2D eigenvalue weighted by atomic mass is 10.1. The first-order valence-electron chi connectivity index (χ1n) is 5.40. The smallest absolute Gasteiger partial charge is 0.419 e. The van der Waals surface area contributed by atoms with E-state index < -0.39 is 23.5 Å². The Labute approximate surface area is 104 Å². The molecule has 0 aliphatic heterocycles. The summed E-state index contributed by atoms with van der Waals surface area (Å²) in [7, 11) is 0. The molecule has 0 aliphatic carbocycles. The van der Waals surface area contributed by atoms with Crippen LogP contribution in [-0.2, 0) is 12.6 Å². The standard InChI is InChI=1S/C12H9F4NO2/c1-2-5-6-3-8(13)7(12(14,15)16)4-9(6)17-10(5)11(18)19/h3-4,17H,2H2,1H3,(H,18,19). The maximum absolute atomic E-state index is 13.5. The van der Waals surface area contributed by atoms with Crippen molar-refractivity contribution in [2.45, 2.75) is 19.5 Å². The third-order valence-corrected chi connectivity index (χ3v) is 2.87. The van der Waals surface area contributed by atoms with Gasteiger partial charge in [-0.05, 0) is 24.1 Å². The highest BCUT2D eigenvalue weighted by Crippen LogP contribution is 2.35. The molecule has 0 saturated carbocycles. The van der Waals surface area contributed by atoms with Crippen LogP contribution in [0.25, 0.3) is 10.9 Å². The van der Waals surface area contributed by atoms with Crippen molar-refractivity contribution < 1.29 is 27.5 Å². The van der Waals surface area contributed by atoms with Crippen molar-refractivity contribution in [1.29, 1.82) is 0 Å². The molecular formula is C12H9F4NO2. The van der Waals surface area contributed by atoms with Gasteiger partial charge in [0.2, 0.25) is 0 Å². The summed E-state index contributed by atoms with van der Waals surface area (Å²) in [5.74, 6) is -2.70. The molecule has 0 fully saturated rings. The third-order valence-electron chi connectivity index (χ3n) is 2.87. The Morgan fingerprint density at radius 1 is 1.37 bits per heavy atom. The number of rotatable bonds is 2. The maximum atomic E-state index is 13.5. The summed E-state index contributed by atoms with van der Waals surface area (Å²) < 4.78 is 51.1. The number of carbonyl (C=O) groups is 1.